The number of nitrogens with one attached hydrogen (secondary N) is 1. The number of ether oxygens (including phenoxy) is 1. The van der Waals surface area contributed by atoms with Crippen molar-refractivity contribution in [3.8, 4) is 0 Å². The van der Waals surface area contributed by atoms with E-state index in [9.17, 15) is 9.59 Å². The van der Waals surface area contributed by atoms with E-state index in [0.29, 0.717) is 39.2 Å². The highest BCUT2D eigenvalue weighted by Crippen LogP contribution is 2.09. The molecule has 0 unspecified atom stereocenters. The summed E-state index contributed by atoms with van der Waals surface area (Å²) in [5.41, 5.74) is 1.15. The van der Waals surface area contributed by atoms with Gasteiger partial charge in [0.1, 0.15) is 0 Å². The second kappa shape index (κ2) is 10.3. The quantitative estimate of drug-likeness (QED) is 0.802. The fraction of sp³-hybridized carbons (Fsp3) is 0.556. The van der Waals surface area contributed by atoms with Crippen LogP contribution in [0.15, 0.2) is 24.3 Å². The van der Waals surface area contributed by atoms with Crippen molar-refractivity contribution < 1.29 is 14.3 Å². The summed E-state index contributed by atoms with van der Waals surface area (Å²) >= 11 is 5.85. The summed E-state index contributed by atoms with van der Waals surface area (Å²) in [6, 6.07) is 7.65. The Hall–Kier alpha value is -1.79. The summed E-state index contributed by atoms with van der Waals surface area (Å²) in [5, 5.41) is 3.66. The maximum Gasteiger partial charge on any atom is 0.409 e. The molecule has 1 aliphatic heterocycles. The normalized spacial score (nSPS) is 15.0. The summed E-state index contributed by atoms with van der Waals surface area (Å²) in [6.45, 7) is 6.39. The number of halogens is 1. The zero-order valence-corrected chi connectivity index (χ0v) is 15.4. The molecule has 1 aromatic rings. The molecule has 0 saturated carbocycles. The van der Waals surface area contributed by atoms with E-state index in [1.807, 2.05) is 24.3 Å². The topological polar surface area (TPSA) is 61.9 Å². The van der Waals surface area contributed by atoms with Crippen molar-refractivity contribution in [1.29, 1.82) is 0 Å². The first-order valence-electron chi connectivity index (χ1n) is 8.73. The molecule has 6 nitrogen and oxygen atoms in total. The van der Waals surface area contributed by atoms with Gasteiger partial charge in [-0.15, -0.1) is 0 Å². The minimum atomic E-state index is -0.248. The van der Waals surface area contributed by atoms with E-state index in [1.165, 1.54) is 0 Å². The first-order chi connectivity index (χ1) is 12.1. The number of benzene rings is 1. The van der Waals surface area contributed by atoms with Gasteiger partial charge in [0, 0.05) is 50.7 Å². The second-order valence-electron chi connectivity index (χ2n) is 6.00. The predicted molar refractivity (Wildman–Crippen MR) is 97.8 cm³/mol. The van der Waals surface area contributed by atoms with E-state index in [-0.39, 0.29) is 12.0 Å². The third-order valence-corrected chi connectivity index (χ3v) is 4.45. The maximum atomic E-state index is 11.9. The molecule has 1 aromatic carbocycles. The van der Waals surface area contributed by atoms with Gasteiger partial charge in [0.25, 0.3) is 0 Å². The smallest absolute Gasteiger partial charge is 0.409 e. The number of carbonyl (C=O) groups excluding carboxylic acids is 2. The highest BCUT2D eigenvalue weighted by molar-refractivity contribution is 6.30. The van der Waals surface area contributed by atoms with Crippen molar-refractivity contribution in [2.24, 2.45) is 0 Å². The first-order valence-corrected chi connectivity index (χ1v) is 9.11. The molecule has 0 aliphatic carbocycles. The van der Waals surface area contributed by atoms with Crippen molar-refractivity contribution in [2.75, 3.05) is 45.9 Å². The highest BCUT2D eigenvalue weighted by atomic mass is 35.5. The fourth-order valence-corrected chi connectivity index (χ4v) is 2.84. The molecule has 1 fully saturated rings. The van der Waals surface area contributed by atoms with Gasteiger partial charge in [0.05, 0.1) is 6.61 Å². The number of piperazine rings is 1. The molecular formula is C18H26ClN3O3. The van der Waals surface area contributed by atoms with Crippen LogP contribution in [0.1, 0.15) is 18.9 Å². The predicted octanol–water partition coefficient (Wildman–Crippen LogP) is 2.16. The SMILES string of the molecule is CCOC(=O)N1CCN(CCC(=O)NCCc2ccc(Cl)cc2)CC1. The number of hydrogen-bond acceptors (Lipinski definition) is 4. The van der Waals surface area contributed by atoms with Crippen LogP contribution in [-0.2, 0) is 16.0 Å². The van der Waals surface area contributed by atoms with Crippen molar-refractivity contribution >= 4 is 23.6 Å². The largest absolute Gasteiger partial charge is 0.450 e. The fourth-order valence-electron chi connectivity index (χ4n) is 2.71. The lowest BCUT2D eigenvalue weighted by Crippen LogP contribution is -2.49. The summed E-state index contributed by atoms with van der Waals surface area (Å²) in [7, 11) is 0. The molecule has 0 radical (unpaired) electrons. The molecule has 0 aromatic heterocycles. The van der Waals surface area contributed by atoms with Crippen LogP contribution >= 0.6 is 11.6 Å². The highest BCUT2D eigenvalue weighted by Gasteiger charge is 2.21. The minimum absolute atomic E-state index is 0.0572. The Bertz CT molecular complexity index is 557. The number of amides is 2. The molecule has 1 aliphatic rings. The van der Waals surface area contributed by atoms with E-state index in [1.54, 1.807) is 11.8 Å². The Morgan fingerprint density at radius 2 is 1.84 bits per heavy atom. The molecule has 2 rings (SSSR count). The Morgan fingerprint density at radius 1 is 1.16 bits per heavy atom. The molecule has 1 saturated heterocycles. The maximum absolute atomic E-state index is 11.9. The molecular weight excluding hydrogens is 342 g/mol. The van der Waals surface area contributed by atoms with Gasteiger partial charge in [-0.2, -0.15) is 0 Å². The standard InChI is InChI=1S/C18H26ClN3O3/c1-2-25-18(24)22-13-11-21(12-14-22)10-8-17(23)20-9-7-15-3-5-16(19)6-4-15/h3-6H,2,7-14H2,1H3,(H,20,23). The van der Waals surface area contributed by atoms with Gasteiger partial charge in [-0.05, 0) is 31.0 Å². The van der Waals surface area contributed by atoms with Crippen LogP contribution < -0.4 is 5.32 Å². The monoisotopic (exact) mass is 367 g/mol. The second-order valence-corrected chi connectivity index (χ2v) is 6.44. The summed E-state index contributed by atoms with van der Waals surface area (Å²) in [4.78, 5) is 27.5. The van der Waals surface area contributed by atoms with Crippen molar-refractivity contribution in [3.63, 3.8) is 0 Å². The molecule has 2 amide bonds. The molecule has 7 heteroatoms. The van der Waals surface area contributed by atoms with E-state index < -0.39 is 0 Å². The number of hydrogen-bond donors (Lipinski definition) is 1. The molecule has 0 bridgehead atoms. The lowest BCUT2D eigenvalue weighted by atomic mass is 10.1. The Morgan fingerprint density at radius 3 is 2.48 bits per heavy atom. The molecule has 138 valence electrons. The van der Waals surface area contributed by atoms with Gasteiger partial charge in [-0.25, -0.2) is 4.79 Å². The zero-order chi connectivity index (χ0) is 18.1. The molecule has 0 atom stereocenters. The summed E-state index contributed by atoms with van der Waals surface area (Å²) < 4.78 is 5.00. The Balaban J connectivity index is 1.58. The van der Waals surface area contributed by atoms with Gasteiger partial charge in [0.2, 0.25) is 5.91 Å². The lowest BCUT2D eigenvalue weighted by Gasteiger charge is -2.33. The zero-order valence-electron chi connectivity index (χ0n) is 14.7. The van der Waals surface area contributed by atoms with Crippen LogP contribution in [-0.4, -0.2) is 67.7 Å². The third-order valence-electron chi connectivity index (χ3n) is 4.20. The van der Waals surface area contributed by atoms with Gasteiger partial charge in [0.15, 0.2) is 0 Å². The average Bonchev–Trinajstić information content (AvgIpc) is 2.62. The van der Waals surface area contributed by atoms with Crippen molar-refractivity contribution in [1.82, 2.24) is 15.1 Å². The molecule has 1 N–H and O–H groups in total. The van der Waals surface area contributed by atoms with E-state index >= 15 is 0 Å². The Labute approximate surface area is 154 Å². The number of rotatable bonds is 7. The van der Waals surface area contributed by atoms with Gasteiger partial charge < -0.3 is 15.0 Å². The number of nitrogens with zero attached hydrogens (tertiary/aromatic N) is 2. The first kappa shape index (κ1) is 19.5. The van der Waals surface area contributed by atoms with E-state index in [4.69, 9.17) is 16.3 Å². The summed E-state index contributed by atoms with van der Waals surface area (Å²) in [6.07, 6.45) is 1.02. The van der Waals surface area contributed by atoms with Crippen LogP contribution in [0, 0.1) is 0 Å². The van der Waals surface area contributed by atoms with Gasteiger partial charge in [-0.3, -0.25) is 9.69 Å². The van der Waals surface area contributed by atoms with Gasteiger partial charge in [-0.1, -0.05) is 23.7 Å². The van der Waals surface area contributed by atoms with Crippen LogP contribution in [0.4, 0.5) is 4.79 Å². The molecule has 25 heavy (non-hydrogen) atoms. The van der Waals surface area contributed by atoms with Crippen molar-refractivity contribution in [3.05, 3.63) is 34.9 Å². The van der Waals surface area contributed by atoms with Crippen LogP contribution in [0.25, 0.3) is 0 Å². The molecule has 1 heterocycles. The van der Waals surface area contributed by atoms with Gasteiger partial charge >= 0.3 is 6.09 Å². The summed E-state index contributed by atoms with van der Waals surface area (Å²) in [5.74, 6) is 0.0572. The Kier molecular flexibility index (Phi) is 8.01. The third kappa shape index (κ3) is 6.92. The minimum Gasteiger partial charge on any atom is -0.450 e. The molecule has 0 spiro atoms. The lowest BCUT2D eigenvalue weighted by molar-refractivity contribution is -0.121. The van der Waals surface area contributed by atoms with Crippen LogP contribution in [0.3, 0.4) is 0 Å². The van der Waals surface area contributed by atoms with Crippen LogP contribution in [0.5, 0.6) is 0 Å². The average molecular weight is 368 g/mol. The van der Waals surface area contributed by atoms with E-state index in [2.05, 4.69) is 10.2 Å². The van der Waals surface area contributed by atoms with Crippen molar-refractivity contribution in [2.45, 2.75) is 19.8 Å². The van der Waals surface area contributed by atoms with E-state index in [0.717, 1.165) is 30.1 Å². The number of carbonyl (C=O) groups is 2. The van der Waals surface area contributed by atoms with Crippen LogP contribution in [0.2, 0.25) is 5.02 Å².